The molecule has 3 aromatic carbocycles. The summed E-state index contributed by atoms with van der Waals surface area (Å²) in [4.78, 5) is 39.0. The molecule has 1 N–H and O–H groups in total. The number of anilines is 1. The summed E-state index contributed by atoms with van der Waals surface area (Å²) in [6.45, 7) is 1.79. The zero-order valence-corrected chi connectivity index (χ0v) is 23.4. The molecule has 1 fully saturated rings. The van der Waals surface area contributed by atoms with E-state index in [9.17, 15) is 14.4 Å². The quantitative estimate of drug-likeness (QED) is 0.273. The van der Waals surface area contributed by atoms with Crippen molar-refractivity contribution in [2.24, 2.45) is 0 Å². The van der Waals surface area contributed by atoms with Crippen LogP contribution in [0.3, 0.4) is 0 Å². The topological polar surface area (TPSA) is 94.2 Å². The number of thioether (sulfide) groups is 1. The Kier molecular flexibility index (Phi) is 9.40. The van der Waals surface area contributed by atoms with Crippen molar-refractivity contribution in [2.75, 3.05) is 32.2 Å². The van der Waals surface area contributed by atoms with Gasteiger partial charge in [0.25, 0.3) is 17.1 Å². The number of carbonyl (C=O) groups is 3. The number of methoxy groups -OCH3 is 1. The average molecular weight is 587 g/mol. The molecule has 3 aromatic rings. The summed E-state index contributed by atoms with van der Waals surface area (Å²) in [5.41, 5.74) is 2.19. The van der Waals surface area contributed by atoms with Gasteiger partial charge in [-0.15, -0.1) is 0 Å². The Morgan fingerprint density at radius 2 is 1.79 bits per heavy atom. The molecular formula is C28H24Cl2N2O6S. The van der Waals surface area contributed by atoms with Crippen LogP contribution < -0.4 is 19.5 Å². The van der Waals surface area contributed by atoms with Crippen LogP contribution in [-0.2, 0) is 9.59 Å². The van der Waals surface area contributed by atoms with E-state index in [0.29, 0.717) is 22.0 Å². The van der Waals surface area contributed by atoms with Crippen molar-refractivity contribution in [3.8, 4) is 17.2 Å². The van der Waals surface area contributed by atoms with Crippen LogP contribution in [0.1, 0.15) is 11.1 Å². The fraction of sp³-hybridized carbons (Fsp3) is 0.179. The molecule has 202 valence electrons. The van der Waals surface area contributed by atoms with Crippen molar-refractivity contribution in [2.45, 2.75) is 6.92 Å². The number of nitrogens with zero attached hydrogens (tertiary/aromatic N) is 1. The number of aryl methyl sites for hydroxylation is 1. The van der Waals surface area contributed by atoms with Crippen molar-refractivity contribution < 1.29 is 28.6 Å². The maximum absolute atomic E-state index is 12.9. The minimum atomic E-state index is -0.448. The molecule has 0 aromatic heterocycles. The van der Waals surface area contributed by atoms with Gasteiger partial charge in [-0.2, -0.15) is 0 Å². The minimum absolute atomic E-state index is 0.0642. The first kappa shape index (κ1) is 28.4. The van der Waals surface area contributed by atoms with Crippen LogP contribution in [0, 0.1) is 6.92 Å². The van der Waals surface area contributed by atoms with Gasteiger partial charge in [-0.05, 0) is 72.3 Å². The molecule has 1 saturated heterocycles. The Balaban J connectivity index is 1.40. The van der Waals surface area contributed by atoms with E-state index >= 15 is 0 Å². The molecule has 0 spiro atoms. The molecule has 39 heavy (non-hydrogen) atoms. The van der Waals surface area contributed by atoms with Gasteiger partial charge in [0.1, 0.15) is 12.4 Å². The maximum Gasteiger partial charge on any atom is 0.293 e. The summed E-state index contributed by atoms with van der Waals surface area (Å²) >= 11 is 13.3. The molecule has 0 atom stereocenters. The third kappa shape index (κ3) is 7.26. The van der Waals surface area contributed by atoms with Crippen molar-refractivity contribution >= 4 is 63.8 Å². The lowest BCUT2D eigenvalue weighted by Gasteiger charge is -2.14. The molecule has 1 aliphatic heterocycles. The summed E-state index contributed by atoms with van der Waals surface area (Å²) in [5, 5.41) is 2.97. The van der Waals surface area contributed by atoms with Crippen LogP contribution in [0.25, 0.3) is 6.08 Å². The predicted molar refractivity (Wildman–Crippen MR) is 153 cm³/mol. The second-order valence-corrected chi connectivity index (χ2v) is 10.2. The standard InChI is InChI=1S/C28H24Cl2N2O6S/c1-17-6-5-7-19(12-17)31-25(33)16-38-26-21(30)13-18(14-23(26)36-2)15-24-27(34)32(28(35)39-24)10-11-37-22-9-4-3-8-20(22)29/h3-9,12-15H,10-11,16H2,1-2H3,(H,31,33)/b24-15-. The zero-order chi connectivity index (χ0) is 27.9. The number of carbonyl (C=O) groups excluding carboxylic acids is 3. The lowest BCUT2D eigenvalue weighted by atomic mass is 10.1. The number of benzene rings is 3. The summed E-state index contributed by atoms with van der Waals surface area (Å²) in [6.07, 6.45) is 1.54. The summed E-state index contributed by atoms with van der Waals surface area (Å²) in [6, 6.07) is 17.5. The summed E-state index contributed by atoms with van der Waals surface area (Å²) in [7, 11) is 1.43. The minimum Gasteiger partial charge on any atom is -0.493 e. The lowest BCUT2D eigenvalue weighted by Crippen LogP contribution is -2.32. The van der Waals surface area contributed by atoms with Crippen LogP contribution in [0.15, 0.2) is 65.6 Å². The van der Waals surface area contributed by atoms with E-state index in [1.165, 1.54) is 7.11 Å². The number of rotatable bonds is 10. The Bertz CT molecular complexity index is 1450. The SMILES string of the molecule is COc1cc(/C=C2\SC(=O)N(CCOc3ccccc3Cl)C2=O)cc(Cl)c1OCC(=O)Nc1cccc(C)c1. The number of para-hydroxylation sites is 1. The molecule has 3 amide bonds. The molecule has 4 rings (SSSR count). The van der Waals surface area contributed by atoms with Gasteiger partial charge in [-0.3, -0.25) is 19.3 Å². The first-order chi connectivity index (χ1) is 18.7. The third-order valence-corrected chi connectivity index (χ3v) is 6.98. The van der Waals surface area contributed by atoms with E-state index in [1.54, 1.807) is 48.5 Å². The van der Waals surface area contributed by atoms with Crippen LogP contribution in [0.4, 0.5) is 10.5 Å². The van der Waals surface area contributed by atoms with Crippen molar-refractivity contribution in [1.82, 2.24) is 4.90 Å². The highest BCUT2D eigenvalue weighted by Crippen LogP contribution is 2.39. The fourth-order valence-electron chi connectivity index (χ4n) is 3.67. The fourth-order valence-corrected chi connectivity index (χ4v) is 5.00. The van der Waals surface area contributed by atoms with Crippen molar-refractivity contribution in [3.05, 3.63) is 86.7 Å². The van der Waals surface area contributed by atoms with Gasteiger partial charge >= 0.3 is 0 Å². The Hall–Kier alpha value is -3.66. The molecular weight excluding hydrogens is 563 g/mol. The first-order valence-electron chi connectivity index (χ1n) is 11.7. The number of nitrogens with one attached hydrogen (secondary N) is 1. The maximum atomic E-state index is 12.9. The van der Waals surface area contributed by atoms with Crippen LogP contribution >= 0.6 is 35.0 Å². The number of hydrogen-bond donors (Lipinski definition) is 1. The van der Waals surface area contributed by atoms with Crippen LogP contribution in [-0.4, -0.2) is 48.8 Å². The molecule has 0 aliphatic carbocycles. The van der Waals surface area contributed by atoms with Crippen molar-refractivity contribution in [1.29, 1.82) is 0 Å². The van der Waals surface area contributed by atoms with Crippen LogP contribution in [0.2, 0.25) is 10.0 Å². The smallest absolute Gasteiger partial charge is 0.293 e. The number of hydrogen-bond acceptors (Lipinski definition) is 7. The van der Waals surface area contributed by atoms with Gasteiger partial charge in [-0.1, -0.05) is 47.5 Å². The van der Waals surface area contributed by atoms with Gasteiger partial charge < -0.3 is 19.5 Å². The van der Waals surface area contributed by atoms with E-state index < -0.39 is 11.1 Å². The summed E-state index contributed by atoms with van der Waals surface area (Å²) in [5.74, 6) is 0.106. The average Bonchev–Trinajstić information content (AvgIpc) is 3.16. The highest BCUT2D eigenvalue weighted by molar-refractivity contribution is 8.18. The Labute approximate surface area is 239 Å². The van der Waals surface area contributed by atoms with Crippen molar-refractivity contribution in [3.63, 3.8) is 0 Å². The number of imide groups is 1. The molecule has 8 nitrogen and oxygen atoms in total. The molecule has 0 saturated carbocycles. The van der Waals surface area contributed by atoms with E-state index in [4.69, 9.17) is 37.4 Å². The normalized spacial score (nSPS) is 14.1. The van der Waals surface area contributed by atoms with Gasteiger partial charge in [0, 0.05) is 5.69 Å². The number of ether oxygens (including phenoxy) is 3. The largest absolute Gasteiger partial charge is 0.493 e. The van der Waals surface area contributed by atoms with E-state index in [-0.39, 0.29) is 47.1 Å². The second-order valence-electron chi connectivity index (χ2n) is 8.35. The summed E-state index contributed by atoms with van der Waals surface area (Å²) < 4.78 is 16.7. The second kappa shape index (κ2) is 12.9. The van der Waals surface area contributed by atoms with E-state index in [0.717, 1.165) is 22.2 Å². The molecule has 0 radical (unpaired) electrons. The molecule has 1 aliphatic rings. The zero-order valence-electron chi connectivity index (χ0n) is 21.0. The highest BCUT2D eigenvalue weighted by Gasteiger charge is 2.35. The Morgan fingerprint density at radius 1 is 1.00 bits per heavy atom. The number of halogens is 2. The molecule has 1 heterocycles. The third-order valence-electron chi connectivity index (χ3n) is 5.48. The van der Waals surface area contributed by atoms with Gasteiger partial charge in [0.2, 0.25) is 0 Å². The lowest BCUT2D eigenvalue weighted by molar-refractivity contribution is -0.123. The molecule has 11 heteroatoms. The Morgan fingerprint density at radius 3 is 2.54 bits per heavy atom. The van der Waals surface area contributed by atoms with Gasteiger partial charge in [0.15, 0.2) is 18.1 Å². The van der Waals surface area contributed by atoms with E-state index in [1.807, 2.05) is 25.1 Å². The molecule has 0 unspecified atom stereocenters. The highest BCUT2D eigenvalue weighted by atomic mass is 35.5. The first-order valence-corrected chi connectivity index (χ1v) is 13.3. The molecule has 0 bridgehead atoms. The van der Waals surface area contributed by atoms with Crippen LogP contribution in [0.5, 0.6) is 17.2 Å². The van der Waals surface area contributed by atoms with Gasteiger partial charge in [-0.25, -0.2) is 0 Å². The predicted octanol–water partition coefficient (Wildman–Crippen LogP) is 6.44. The van der Waals surface area contributed by atoms with E-state index in [2.05, 4.69) is 5.32 Å². The monoisotopic (exact) mass is 586 g/mol. The number of amides is 3. The van der Waals surface area contributed by atoms with Gasteiger partial charge in [0.05, 0.1) is 28.6 Å².